The molecule has 3 rings (SSSR count). The summed E-state index contributed by atoms with van der Waals surface area (Å²) in [5.74, 6) is 0.803. The van der Waals surface area contributed by atoms with Crippen LogP contribution in [0, 0.1) is 6.92 Å². The van der Waals surface area contributed by atoms with E-state index in [0.29, 0.717) is 11.5 Å². The Bertz CT molecular complexity index is 951. The molecule has 0 aliphatic heterocycles. The van der Waals surface area contributed by atoms with Crippen molar-refractivity contribution in [2.75, 3.05) is 19.0 Å². The fourth-order valence-electron chi connectivity index (χ4n) is 2.53. The minimum Gasteiger partial charge on any atom is -0.493 e. The highest BCUT2D eigenvalue weighted by Gasteiger charge is 2.08. The Morgan fingerprint density at radius 3 is 2.46 bits per heavy atom. The van der Waals surface area contributed by atoms with Gasteiger partial charge in [-0.3, -0.25) is 9.79 Å². The number of aliphatic imine (C=N–C) groups is 1. The maximum absolute atomic E-state index is 12.0. The minimum absolute atomic E-state index is 0.109. The lowest BCUT2D eigenvalue weighted by atomic mass is 10.2. The topological polar surface area (TPSA) is 59.9 Å². The van der Waals surface area contributed by atoms with Gasteiger partial charge in [-0.25, -0.2) is 0 Å². The van der Waals surface area contributed by atoms with Crippen molar-refractivity contribution in [3.8, 4) is 11.5 Å². The molecule has 1 amide bonds. The molecule has 0 fully saturated rings. The Hall–Kier alpha value is -3.60. The van der Waals surface area contributed by atoms with Crippen LogP contribution >= 0.6 is 0 Å². The van der Waals surface area contributed by atoms with E-state index in [2.05, 4.69) is 10.3 Å². The predicted molar refractivity (Wildman–Crippen MR) is 112 cm³/mol. The van der Waals surface area contributed by atoms with E-state index in [4.69, 9.17) is 9.47 Å². The summed E-state index contributed by atoms with van der Waals surface area (Å²) in [5.41, 5.74) is 3.67. The molecule has 0 saturated carbocycles. The summed E-state index contributed by atoms with van der Waals surface area (Å²) in [5, 5.41) is 2.78. The molecular formula is C23H22N2O3. The van der Waals surface area contributed by atoms with E-state index in [1.54, 1.807) is 19.4 Å². The maximum atomic E-state index is 12.0. The second kappa shape index (κ2) is 9.37. The molecule has 0 aliphatic rings. The quantitative estimate of drug-likeness (QED) is 0.606. The summed E-state index contributed by atoms with van der Waals surface area (Å²) < 4.78 is 11.0. The van der Waals surface area contributed by atoms with E-state index < -0.39 is 0 Å². The van der Waals surface area contributed by atoms with E-state index in [9.17, 15) is 4.79 Å². The van der Waals surface area contributed by atoms with Gasteiger partial charge in [0, 0.05) is 11.9 Å². The summed E-state index contributed by atoms with van der Waals surface area (Å²) in [6, 6.07) is 22.7. The van der Waals surface area contributed by atoms with Crippen molar-refractivity contribution in [1.29, 1.82) is 0 Å². The average molecular weight is 374 g/mol. The van der Waals surface area contributed by atoms with Gasteiger partial charge >= 0.3 is 0 Å². The van der Waals surface area contributed by atoms with Crippen molar-refractivity contribution in [3.63, 3.8) is 0 Å². The number of methoxy groups -OCH3 is 1. The number of ether oxygens (including phenoxy) is 2. The Morgan fingerprint density at radius 2 is 1.75 bits per heavy atom. The zero-order chi connectivity index (χ0) is 19.8. The summed E-state index contributed by atoms with van der Waals surface area (Å²) >= 11 is 0. The van der Waals surface area contributed by atoms with E-state index in [-0.39, 0.29) is 12.5 Å². The summed E-state index contributed by atoms with van der Waals surface area (Å²) in [6.07, 6.45) is 1.76. The fraction of sp³-hybridized carbons (Fsp3) is 0.130. The van der Waals surface area contributed by atoms with Crippen LogP contribution < -0.4 is 14.8 Å². The molecule has 0 bridgehead atoms. The van der Waals surface area contributed by atoms with Gasteiger partial charge < -0.3 is 14.8 Å². The Morgan fingerprint density at radius 1 is 1.00 bits per heavy atom. The molecule has 3 aromatic rings. The van der Waals surface area contributed by atoms with Crippen molar-refractivity contribution in [2.24, 2.45) is 4.99 Å². The SMILES string of the molecule is COc1cc(C=Nc2ccc(C)cc2)ccc1OCC(=O)Nc1ccccc1. The first-order chi connectivity index (χ1) is 13.6. The number of rotatable bonds is 7. The largest absolute Gasteiger partial charge is 0.493 e. The first-order valence-corrected chi connectivity index (χ1v) is 8.90. The van der Waals surface area contributed by atoms with Gasteiger partial charge in [0.25, 0.3) is 5.91 Å². The highest BCUT2D eigenvalue weighted by Crippen LogP contribution is 2.28. The molecule has 0 saturated heterocycles. The van der Waals surface area contributed by atoms with Gasteiger partial charge in [-0.2, -0.15) is 0 Å². The molecule has 142 valence electrons. The number of carbonyl (C=O) groups excluding carboxylic acids is 1. The summed E-state index contributed by atoms with van der Waals surface area (Å²) in [4.78, 5) is 16.5. The average Bonchev–Trinajstić information content (AvgIpc) is 2.73. The third kappa shape index (κ3) is 5.45. The van der Waals surface area contributed by atoms with Gasteiger partial charge in [0.15, 0.2) is 18.1 Å². The van der Waals surface area contributed by atoms with Crippen LogP contribution in [0.15, 0.2) is 77.8 Å². The van der Waals surface area contributed by atoms with Crippen LogP contribution in [0.25, 0.3) is 0 Å². The highest BCUT2D eigenvalue weighted by molar-refractivity contribution is 5.91. The Balaban J connectivity index is 1.62. The number of nitrogens with one attached hydrogen (secondary N) is 1. The number of para-hydroxylation sites is 1. The van der Waals surface area contributed by atoms with E-state index in [1.807, 2.05) is 73.7 Å². The fourth-order valence-corrected chi connectivity index (χ4v) is 2.53. The maximum Gasteiger partial charge on any atom is 0.262 e. The summed E-state index contributed by atoms with van der Waals surface area (Å²) in [6.45, 7) is 1.93. The third-order valence-corrected chi connectivity index (χ3v) is 4.00. The Kier molecular flexibility index (Phi) is 6.41. The molecule has 0 atom stereocenters. The van der Waals surface area contributed by atoms with Crippen LogP contribution in [0.4, 0.5) is 11.4 Å². The second-order valence-electron chi connectivity index (χ2n) is 6.21. The van der Waals surface area contributed by atoms with E-state index in [1.165, 1.54) is 5.56 Å². The lowest BCUT2D eigenvalue weighted by Gasteiger charge is -2.11. The summed E-state index contributed by atoms with van der Waals surface area (Å²) in [7, 11) is 1.56. The van der Waals surface area contributed by atoms with Crippen molar-refractivity contribution >= 4 is 23.5 Å². The first kappa shape index (κ1) is 19.2. The zero-order valence-electron chi connectivity index (χ0n) is 15.9. The molecule has 0 aromatic heterocycles. The molecule has 0 spiro atoms. The van der Waals surface area contributed by atoms with Crippen molar-refractivity contribution in [1.82, 2.24) is 0 Å². The molecule has 3 aromatic carbocycles. The molecule has 0 aliphatic carbocycles. The number of amides is 1. The standard InChI is InChI=1S/C23H22N2O3/c1-17-8-11-19(12-9-17)24-15-18-10-13-21(22(14-18)27-2)28-16-23(26)25-20-6-4-3-5-7-20/h3-15H,16H2,1-2H3,(H,25,26). The van der Waals surface area contributed by atoms with Crippen molar-refractivity contribution < 1.29 is 14.3 Å². The van der Waals surface area contributed by atoms with Gasteiger partial charge in [0.2, 0.25) is 0 Å². The number of hydrogen-bond donors (Lipinski definition) is 1. The molecule has 5 nitrogen and oxygen atoms in total. The number of anilines is 1. The van der Waals surface area contributed by atoms with Crippen LogP contribution in [0.5, 0.6) is 11.5 Å². The van der Waals surface area contributed by atoms with Crippen molar-refractivity contribution in [2.45, 2.75) is 6.92 Å². The van der Waals surface area contributed by atoms with Crippen molar-refractivity contribution in [3.05, 3.63) is 83.9 Å². The van der Waals surface area contributed by atoms with E-state index >= 15 is 0 Å². The molecule has 0 unspecified atom stereocenters. The monoisotopic (exact) mass is 374 g/mol. The lowest BCUT2D eigenvalue weighted by Crippen LogP contribution is -2.20. The molecule has 1 N–H and O–H groups in total. The van der Waals surface area contributed by atoms with Crippen LogP contribution in [0.2, 0.25) is 0 Å². The Labute approximate surface area is 164 Å². The number of aryl methyl sites for hydroxylation is 1. The molecule has 0 radical (unpaired) electrons. The minimum atomic E-state index is -0.238. The predicted octanol–water partition coefficient (Wildman–Crippen LogP) is 4.77. The molecule has 0 heterocycles. The number of benzene rings is 3. The van der Waals surface area contributed by atoms with E-state index in [0.717, 1.165) is 16.9 Å². The van der Waals surface area contributed by atoms with Crippen LogP contribution in [-0.4, -0.2) is 25.8 Å². The molecular weight excluding hydrogens is 352 g/mol. The van der Waals surface area contributed by atoms with Gasteiger partial charge in [-0.15, -0.1) is 0 Å². The lowest BCUT2D eigenvalue weighted by molar-refractivity contribution is -0.118. The number of nitrogens with zero attached hydrogens (tertiary/aromatic N) is 1. The van der Waals surface area contributed by atoms with Gasteiger partial charge in [-0.1, -0.05) is 35.9 Å². The highest BCUT2D eigenvalue weighted by atomic mass is 16.5. The van der Waals surface area contributed by atoms with Gasteiger partial charge in [0.05, 0.1) is 12.8 Å². The second-order valence-corrected chi connectivity index (χ2v) is 6.21. The number of hydrogen-bond acceptors (Lipinski definition) is 4. The molecule has 28 heavy (non-hydrogen) atoms. The molecule has 5 heteroatoms. The van der Waals surface area contributed by atoms with Crippen LogP contribution in [0.3, 0.4) is 0 Å². The van der Waals surface area contributed by atoms with Crippen LogP contribution in [-0.2, 0) is 4.79 Å². The first-order valence-electron chi connectivity index (χ1n) is 8.90. The smallest absolute Gasteiger partial charge is 0.262 e. The van der Waals surface area contributed by atoms with Gasteiger partial charge in [-0.05, 0) is 55.0 Å². The normalized spacial score (nSPS) is 10.6. The third-order valence-electron chi connectivity index (χ3n) is 4.00. The van der Waals surface area contributed by atoms with Crippen LogP contribution in [0.1, 0.15) is 11.1 Å². The van der Waals surface area contributed by atoms with Gasteiger partial charge in [0.1, 0.15) is 0 Å². The number of carbonyl (C=O) groups is 1. The zero-order valence-corrected chi connectivity index (χ0v) is 15.9.